The maximum absolute atomic E-state index is 6.21. The molecule has 0 amide bonds. The lowest BCUT2D eigenvalue weighted by atomic mass is 10.2. The number of nitrogens with one attached hydrogen (secondary N) is 1. The number of halogens is 2. The SMILES string of the molecule is CCOc1cc(/C=N/Nc2ccccc2)c(Br)cc1OCc1ccccc1Cl. The zero-order valence-electron chi connectivity index (χ0n) is 15.4. The third-order valence-corrected chi connectivity index (χ3v) is 4.93. The second kappa shape index (κ2) is 10.2. The van der Waals surface area contributed by atoms with Gasteiger partial charge in [0.1, 0.15) is 6.61 Å². The lowest BCUT2D eigenvalue weighted by Gasteiger charge is -2.14. The summed E-state index contributed by atoms with van der Waals surface area (Å²) in [5.41, 5.74) is 5.71. The van der Waals surface area contributed by atoms with Gasteiger partial charge in [-0.1, -0.05) is 48.0 Å². The van der Waals surface area contributed by atoms with Crippen LogP contribution in [-0.4, -0.2) is 12.8 Å². The van der Waals surface area contributed by atoms with Crippen molar-refractivity contribution < 1.29 is 9.47 Å². The minimum Gasteiger partial charge on any atom is -0.490 e. The average molecular weight is 460 g/mol. The van der Waals surface area contributed by atoms with Crippen LogP contribution in [0.2, 0.25) is 5.02 Å². The van der Waals surface area contributed by atoms with Gasteiger partial charge in [0.25, 0.3) is 0 Å². The van der Waals surface area contributed by atoms with E-state index in [-0.39, 0.29) is 0 Å². The first-order valence-electron chi connectivity index (χ1n) is 8.84. The van der Waals surface area contributed by atoms with Crippen LogP contribution in [0.4, 0.5) is 5.69 Å². The fraction of sp³-hybridized carbons (Fsp3) is 0.136. The van der Waals surface area contributed by atoms with E-state index in [1.54, 1.807) is 6.21 Å². The summed E-state index contributed by atoms with van der Waals surface area (Å²) in [5, 5.41) is 4.97. The van der Waals surface area contributed by atoms with Crippen LogP contribution >= 0.6 is 27.5 Å². The molecule has 0 aliphatic carbocycles. The number of rotatable bonds is 8. The van der Waals surface area contributed by atoms with Crippen LogP contribution in [0.25, 0.3) is 0 Å². The minimum absolute atomic E-state index is 0.356. The standard InChI is InChI=1S/C22H20BrClN2O2/c1-2-27-21-12-17(14-25-26-18-9-4-3-5-10-18)19(23)13-22(21)28-15-16-8-6-7-11-20(16)24/h3-14,26H,2,15H2,1H3/b25-14+. The fourth-order valence-corrected chi connectivity index (χ4v) is 3.11. The molecule has 0 aromatic heterocycles. The second-order valence-corrected chi connectivity index (χ2v) is 7.13. The van der Waals surface area contributed by atoms with Crippen LogP contribution in [0.1, 0.15) is 18.1 Å². The molecule has 0 heterocycles. The Balaban J connectivity index is 1.76. The van der Waals surface area contributed by atoms with E-state index in [2.05, 4.69) is 26.5 Å². The van der Waals surface area contributed by atoms with Gasteiger partial charge in [-0.3, -0.25) is 5.43 Å². The quantitative estimate of drug-likeness (QED) is 0.308. The highest BCUT2D eigenvalue weighted by molar-refractivity contribution is 9.10. The number of hydrogen-bond donors (Lipinski definition) is 1. The molecule has 1 N–H and O–H groups in total. The molecule has 0 aliphatic heterocycles. The van der Waals surface area contributed by atoms with E-state index < -0.39 is 0 Å². The summed E-state index contributed by atoms with van der Waals surface area (Å²) in [7, 11) is 0. The Hall–Kier alpha value is -2.50. The normalized spacial score (nSPS) is 10.8. The van der Waals surface area contributed by atoms with Crippen molar-refractivity contribution in [1.29, 1.82) is 0 Å². The van der Waals surface area contributed by atoms with Crippen LogP contribution in [0.5, 0.6) is 11.5 Å². The molecule has 0 saturated heterocycles. The van der Waals surface area contributed by atoms with Gasteiger partial charge in [0.05, 0.1) is 18.5 Å². The van der Waals surface area contributed by atoms with Gasteiger partial charge < -0.3 is 9.47 Å². The summed E-state index contributed by atoms with van der Waals surface area (Å²) in [6, 6.07) is 21.1. The fourth-order valence-electron chi connectivity index (χ4n) is 2.49. The summed E-state index contributed by atoms with van der Waals surface area (Å²) in [6.45, 7) is 2.82. The first kappa shape index (κ1) is 20.2. The number of hydrazone groups is 1. The zero-order chi connectivity index (χ0) is 19.8. The predicted molar refractivity (Wildman–Crippen MR) is 119 cm³/mol. The van der Waals surface area contributed by atoms with Gasteiger partial charge in [-0.25, -0.2) is 0 Å². The molecule has 4 nitrogen and oxygen atoms in total. The van der Waals surface area contributed by atoms with Crippen molar-refractivity contribution in [3.05, 3.63) is 87.4 Å². The number of hydrogen-bond acceptors (Lipinski definition) is 4. The monoisotopic (exact) mass is 458 g/mol. The lowest BCUT2D eigenvalue weighted by molar-refractivity contribution is 0.269. The Morgan fingerprint density at radius 1 is 1.00 bits per heavy atom. The van der Waals surface area contributed by atoms with Crippen molar-refractivity contribution in [2.45, 2.75) is 13.5 Å². The Labute approximate surface area is 178 Å². The Kier molecular flexibility index (Phi) is 7.34. The van der Waals surface area contributed by atoms with E-state index >= 15 is 0 Å². The molecular formula is C22H20BrClN2O2. The maximum atomic E-state index is 6.21. The number of benzene rings is 3. The highest BCUT2D eigenvalue weighted by Gasteiger charge is 2.11. The average Bonchev–Trinajstić information content (AvgIpc) is 2.71. The molecule has 0 spiro atoms. The third-order valence-electron chi connectivity index (χ3n) is 3.87. The Bertz CT molecular complexity index is 949. The molecular weight excluding hydrogens is 440 g/mol. The van der Waals surface area contributed by atoms with Crippen LogP contribution in [0, 0.1) is 0 Å². The van der Waals surface area contributed by atoms with Gasteiger partial charge in [0.2, 0.25) is 0 Å². The van der Waals surface area contributed by atoms with E-state index in [1.165, 1.54) is 0 Å². The van der Waals surface area contributed by atoms with Gasteiger partial charge in [-0.2, -0.15) is 5.10 Å². The van der Waals surface area contributed by atoms with Crippen molar-refractivity contribution in [2.24, 2.45) is 5.10 Å². The number of nitrogens with zero attached hydrogens (tertiary/aromatic N) is 1. The molecule has 0 fully saturated rings. The van der Waals surface area contributed by atoms with Gasteiger partial charge in [-0.05, 0) is 53.2 Å². The smallest absolute Gasteiger partial charge is 0.162 e. The summed E-state index contributed by atoms with van der Waals surface area (Å²) < 4.78 is 12.6. The topological polar surface area (TPSA) is 42.8 Å². The van der Waals surface area contributed by atoms with Crippen LogP contribution in [0.3, 0.4) is 0 Å². The number of ether oxygens (including phenoxy) is 2. The first-order chi connectivity index (χ1) is 13.7. The molecule has 6 heteroatoms. The molecule has 0 unspecified atom stereocenters. The van der Waals surface area contributed by atoms with Gasteiger partial charge >= 0.3 is 0 Å². The highest BCUT2D eigenvalue weighted by Crippen LogP contribution is 2.34. The molecule has 0 bridgehead atoms. The molecule has 0 aliphatic rings. The molecule has 3 aromatic carbocycles. The van der Waals surface area contributed by atoms with E-state index in [1.807, 2.05) is 73.7 Å². The molecule has 28 heavy (non-hydrogen) atoms. The van der Waals surface area contributed by atoms with E-state index in [0.29, 0.717) is 29.7 Å². The molecule has 144 valence electrons. The molecule has 3 rings (SSSR count). The van der Waals surface area contributed by atoms with Crippen molar-refractivity contribution in [1.82, 2.24) is 0 Å². The largest absolute Gasteiger partial charge is 0.490 e. The summed E-state index contributed by atoms with van der Waals surface area (Å²) in [5.74, 6) is 1.29. The van der Waals surface area contributed by atoms with E-state index in [0.717, 1.165) is 21.3 Å². The highest BCUT2D eigenvalue weighted by atomic mass is 79.9. The number of para-hydroxylation sites is 1. The lowest BCUT2D eigenvalue weighted by Crippen LogP contribution is -2.02. The predicted octanol–water partition coefficient (Wildman–Crippen LogP) is 6.53. The summed E-state index contributed by atoms with van der Waals surface area (Å²) in [4.78, 5) is 0. The van der Waals surface area contributed by atoms with Gasteiger partial charge in [-0.15, -0.1) is 0 Å². The third kappa shape index (κ3) is 5.50. The van der Waals surface area contributed by atoms with Crippen LogP contribution in [-0.2, 0) is 6.61 Å². The Morgan fingerprint density at radius 2 is 1.71 bits per heavy atom. The molecule has 3 aromatic rings. The maximum Gasteiger partial charge on any atom is 0.162 e. The Morgan fingerprint density at radius 3 is 2.46 bits per heavy atom. The molecule has 0 atom stereocenters. The second-order valence-electron chi connectivity index (χ2n) is 5.87. The zero-order valence-corrected chi connectivity index (χ0v) is 17.7. The summed E-state index contributed by atoms with van der Waals surface area (Å²) in [6.07, 6.45) is 1.73. The van der Waals surface area contributed by atoms with E-state index in [4.69, 9.17) is 21.1 Å². The minimum atomic E-state index is 0.356. The molecule has 0 radical (unpaired) electrons. The van der Waals surface area contributed by atoms with Crippen molar-refractivity contribution in [2.75, 3.05) is 12.0 Å². The number of anilines is 1. The van der Waals surface area contributed by atoms with Gasteiger partial charge in [0.15, 0.2) is 11.5 Å². The van der Waals surface area contributed by atoms with Crippen molar-refractivity contribution >= 4 is 39.4 Å². The van der Waals surface area contributed by atoms with Gasteiger partial charge in [0, 0.05) is 20.6 Å². The first-order valence-corrected chi connectivity index (χ1v) is 10.0. The van der Waals surface area contributed by atoms with Crippen LogP contribution in [0.15, 0.2) is 76.3 Å². The van der Waals surface area contributed by atoms with Crippen LogP contribution < -0.4 is 14.9 Å². The van der Waals surface area contributed by atoms with E-state index in [9.17, 15) is 0 Å². The van der Waals surface area contributed by atoms with Crippen molar-refractivity contribution in [3.63, 3.8) is 0 Å². The van der Waals surface area contributed by atoms with Crippen molar-refractivity contribution in [3.8, 4) is 11.5 Å². The molecule has 0 saturated carbocycles. The summed E-state index contributed by atoms with van der Waals surface area (Å²) >= 11 is 9.79.